The quantitative estimate of drug-likeness (QED) is 0.652. The van der Waals surface area contributed by atoms with Gasteiger partial charge in [0.05, 0.1) is 5.56 Å². The van der Waals surface area contributed by atoms with Crippen LogP contribution >= 0.6 is 11.3 Å². The van der Waals surface area contributed by atoms with Crippen molar-refractivity contribution in [3.05, 3.63) is 65.0 Å². The second-order valence-electron chi connectivity index (χ2n) is 6.80. The van der Waals surface area contributed by atoms with Crippen molar-refractivity contribution in [2.45, 2.75) is 12.5 Å². The standard InChI is InChI=1S/C21H16N4O3S/c1-21(16-8-4-6-13-5-2-3-7-15(13)16)19(27)25(20(28)24-21)12-17(26)23-18-14(11-22)9-10-29-18/h2-10H,12H2,1H3,(H,23,26)(H,24,28). The number of amides is 4. The smallest absolute Gasteiger partial charge is 0.319 e. The molecule has 2 heterocycles. The molecule has 0 bridgehead atoms. The van der Waals surface area contributed by atoms with Crippen LogP contribution in [0.4, 0.5) is 9.80 Å². The number of nitrogens with zero attached hydrogens (tertiary/aromatic N) is 2. The molecule has 1 atom stereocenters. The lowest BCUT2D eigenvalue weighted by atomic mass is 9.88. The summed E-state index contributed by atoms with van der Waals surface area (Å²) in [6, 6.07) is 16.1. The van der Waals surface area contributed by atoms with E-state index in [1.54, 1.807) is 24.4 Å². The maximum absolute atomic E-state index is 13.2. The molecule has 1 unspecified atom stereocenters. The van der Waals surface area contributed by atoms with Crippen molar-refractivity contribution in [2.24, 2.45) is 0 Å². The summed E-state index contributed by atoms with van der Waals surface area (Å²) >= 11 is 1.20. The van der Waals surface area contributed by atoms with Gasteiger partial charge >= 0.3 is 6.03 Å². The van der Waals surface area contributed by atoms with Crippen LogP contribution in [0.3, 0.4) is 0 Å². The maximum Gasteiger partial charge on any atom is 0.325 e. The fraction of sp³-hybridized carbons (Fsp3) is 0.143. The highest BCUT2D eigenvalue weighted by atomic mass is 32.1. The number of hydrogen-bond acceptors (Lipinski definition) is 5. The SMILES string of the molecule is CC1(c2cccc3ccccc23)NC(=O)N(CC(=O)Nc2sccc2C#N)C1=O. The number of imide groups is 1. The third-order valence-electron chi connectivity index (χ3n) is 4.94. The summed E-state index contributed by atoms with van der Waals surface area (Å²) in [6.45, 7) is 1.20. The van der Waals surface area contributed by atoms with Gasteiger partial charge in [0.25, 0.3) is 5.91 Å². The van der Waals surface area contributed by atoms with Crippen LogP contribution in [-0.4, -0.2) is 29.3 Å². The number of urea groups is 1. The zero-order valence-corrected chi connectivity index (χ0v) is 16.2. The molecule has 1 aliphatic rings. The molecule has 0 spiro atoms. The van der Waals surface area contributed by atoms with E-state index in [9.17, 15) is 14.4 Å². The van der Waals surface area contributed by atoms with E-state index in [1.165, 1.54) is 11.3 Å². The lowest BCUT2D eigenvalue weighted by Crippen LogP contribution is -2.42. The summed E-state index contributed by atoms with van der Waals surface area (Å²) < 4.78 is 0. The van der Waals surface area contributed by atoms with Crippen LogP contribution in [0.25, 0.3) is 10.8 Å². The van der Waals surface area contributed by atoms with Crippen molar-refractivity contribution in [1.82, 2.24) is 10.2 Å². The number of anilines is 1. The zero-order chi connectivity index (χ0) is 20.6. The lowest BCUT2D eigenvalue weighted by molar-refractivity contribution is -0.133. The van der Waals surface area contributed by atoms with Crippen LogP contribution in [0.2, 0.25) is 0 Å². The first-order valence-corrected chi connectivity index (χ1v) is 9.72. The topological polar surface area (TPSA) is 102 Å². The molecular weight excluding hydrogens is 388 g/mol. The Morgan fingerprint density at radius 1 is 1.21 bits per heavy atom. The molecular formula is C21H16N4O3S. The van der Waals surface area contributed by atoms with Crippen LogP contribution in [0, 0.1) is 11.3 Å². The van der Waals surface area contributed by atoms with Crippen LogP contribution in [0.15, 0.2) is 53.9 Å². The van der Waals surface area contributed by atoms with Crippen molar-refractivity contribution in [3.63, 3.8) is 0 Å². The second-order valence-corrected chi connectivity index (χ2v) is 7.71. The summed E-state index contributed by atoms with van der Waals surface area (Å²) in [4.78, 5) is 39.0. The monoisotopic (exact) mass is 404 g/mol. The van der Waals surface area contributed by atoms with E-state index in [0.717, 1.165) is 15.7 Å². The number of benzene rings is 2. The first kappa shape index (κ1) is 18.7. The molecule has 1 aliphatic heterocycles. The predicted molar refractivity (Wildman–Crippen MR) is 109 cm³/mol. The first-order chi connectivity index (χ1) is 13.9. The molecule has 0 saturated carbocycles. The maximum atomic E-state index is 13.2. The third-order valence-corrected chi connectivity index (χ3v) is 5.77. The fourth-order valence-corrected chi connectivity index (χ4v) is 4.24. The van der Waals surface area contributed by atoms with Crippen molar-refractivity contribution in [2.75, 3.05) is 11.9 Å². The van der Waals surface area contributed by atoms with Crippen LogP contribution in [-0.2, 0) is 15.1 Å². The molecule has 3 aromatic rings. The molecule has 7 nitrogen and oxygen atoms in total. The van der Waals surface area contributed by atoms with Crippen molar-refractivity contribution in [3.8, 4) is 6.07 Å². The molecule has 2 aromatic carbocycles. The van der Waals surface area contributed by atoms with Gasteiger partial charge in [-0.1, -0.05) is 42.5 Å². The molecule has 1 fully saturated rings. The summed E-state index contributed by atoms with van der Waals surface area (Å²) in [5, 5.41) is 18.2. The van der Waals surface area contributed by atoms with E-state index < -0.39 is 29.9 Å². The van der Waals surface area contributed by atoms with Crippen molar-refractivity contribution in [1.29, 1.82) is 5.26 Å². The Kier molecular flexibility index (Phi) is 4.53. The van der Waals surface area contributed by atoms with E-state index >= 15 is 0 Å². The highest BCUT2D eigenvalue weighted by Gasteiger charge is 2.50. The number of carbonyl (C=O) groups excluding carboxylic acids is 3. The van der Waals surface area contributed by atoms with Crippen LogP contribution in [0.1, 0.15) is 18.1 Å². The van der Waals surface area contributed by atoms with Gasteiger partial charge in [0, 0.05) is 0 Å². The lowest BCUT2D eigenvalue weighted by Gasteiger charge is -2.24. The molecule has 8 heteroatoms. The van der Waals surface area contributed by atoms with Crippen molar-refractivity contribution < 1.29 is 14.4 Å². The van der Waals surface area contributed by atoms with Gasteiger partial charge in [-0.15, -0.1) is 11.3 Å². The van der Waals surface area contributed by atoms with E-state index in [0.29, 0.717) is 16.1 Å². The number of rotatable bonds is 4. The van der Waals surface area contributed by atoms with Gasteiger partial charge in [-0.25, -0.2) is 4.79 Å². The normalized spacial score (nSPS) is 18.6. The second kappa shape index (κ2) is 7.04. The fourth-order valence-electron chi connectivity index (χ4n) is 3.49. The Morgan fingerprint density at radius 2 is 1.97 bits per heavy atom. The molecule has 4 amide bonds. The van der Waals surface area contributed by atoms with Crippen LogP contribution < -0.4 is 10.6 Å². The average Bonchev–Trinajstić information content (AvgIpc) is 3.25. The third kappa shape index (κ3) is 3.11. The number of thiophene rings is 1. The first-order valence-electron chi connectivity index (χ1n) is 8.84. The Bertz CT molecular complexity index is 1190. The number of nitriles is 1. The molecule has 144 valence electrons. The number of fused-ring (bicyclic) bond motifs is 1. The summed E-state index contributed by atoms with van der Waals surface area (Å²) in [5.41, 5.74) is -0.276. The molecule has 0 aliphatic carbocycles. The van der Waals surface area contributed by atoms with Gasteiger partial charge in [-0.05, 0) is 34.7 Å². The molecule has 4 rings (SSSR count). The average molecular weight is 404 g/mol. The Labute approximate surface area is 170 Å². The van der Waals surface area contributed by atoms with Gasteiger partial charge in [0.15, 0.2) is 0 Å². The van der Waals surface area contributed by atoms with Crippen molar-refractivity contribution >= 4 is 45.0 Å². The minimum absolute atomic E-state index is 0.334. The molecule has 2 N–H and O–H groups in total. The van der Waals surface area contributed by atoms with Gasteiger partial charge in [-0.3, -0.25) is 14.5 Å². The summed E-state index contributed by atoms with van der Waals surface area (Å²) in [5.74, 6) is -1.05. The minimum Gasteiger partial charge on any atom is -0.319 e. The summed E-state index contributed by atoms with van der Waals surface area (Å²) in [7, 11) is 0. The molecule has 29 heavy (non-hydrogen) atoms. The highest BCUT2D eigenvalue weighted by molar-refractivity contribution is 7.14. The largest absolute Gasteiger partial charge is 0.325 e. The Hall–Kier alpha value is -3.70. The van der Waals surface area contributed by atoms with E-state index in [2.05, 4.69) is 10.6 Å². The number of nitrogens with one attached hydrogen (secondary N) is 2. The van der Waals surface area contributed by atoms with Crippen LogP contribution in [0.5, 0.6) is 0 Å². The van der Waals surface area contributed by atoms with Gasteiger partial charge in [-0.2, -0.15) is 5.26 Å². The Morgan fingerprint density at radius 3 is 2.76 bits per heavy atom. The molecule has 1 aromatic heterocycles. The van der Waals surface area contributed by atoms with Gasteiger partial charge in [0.1, 0.15) is 23.2 Å². The van der Waals surface area contributed by atoms with Gasteiger partial charge in [0.2, 0.25) is 5.91 Å². The van der Waals surface area contributed by atoms with E-state index in [4.69, 9.17) is 5.26 Å². The predicted octanol–water partition coefficient (Wildman–Crippen LogP) is 3.18. The Balaban J connectivity index is 1.60. The van der Waals surface area contributed by atoms with E-state index in [-0.39, 0.29) is 0 Å². The minimum atomic E-state index is -1.28. The number of carbonyl (C=O) groups is 3. The highest BCUT2D eigenvalue weighted by Crippen LogP contribution is 2.33. The summed E-state index contributed by atoms with van der Waals surface area (Å²) in [6.07, 6.45) is 0. The molecule has 1 saturated heterocycles. The van der Waals surface area contributed by atoms with Gasteiger partial charge < -0.3 is 10.6 Å². The zero-order valence-electron chi connectivity index (χ0n) is 15.4. The molecule has 0 radical (unpaired) electrons. The van der Waals surface area contributed by atoms with E-state index in [1.807, 2.05) is 42.5 Å². The number of hydrogen-bond donors (Lipinski definition) is 2.